The lowest BCUT2D eigenvalue weighted by Crippen LogP contribution is -2.26. The minimum Gasteiger partial charge on any atom is -0.389 e. The number of nitro benzene ring substituents is 1. The summed E-state index contributed by atoms with van der Waals surface area (Å²) in [5.41, 5.74) is 1.13. The smallest absolute Gasteiger partial charge is 0.269 e. The van der Waals surface area contributed by atoms with E-state index in [1.807, 2.05) is 6.20 Å². The molecule has 0 bridgehead atoms. The first-order valence-electron chi connectivity index (χ1n) is 5.49. The minimum absolute atomic E-state index is 0.110. The Bertz CT molecular complexity index is 428. The summed E-state index contributed by atoms with van der Waals surface area (Å²) in [6, 6.07) is 6.55. The van der Waals surface area contributed by atoms with Crippen LogP contribution in [0.2, 0.25) is 0 Å². The SMILES string of the molecule is O=[N+]([O-])c1ccc(CN2C=CC(O)CC2)cc1. The van der Waals surface area contributed by atoms with Gasteiger partial charge in [-0.1, -0.05) is 12.1 Å². The van der Waals surface area contributed by atoms with Crippen molar-refractivity contribution in [1.82, 2.24) is 4.90 Å². The highest BCUT2D eigenvalue weighted by Crippen LogP contribution is 2.15. The van der Waals surface area contributed by atoms with E-state index in [2.05, 4.69) is 4.90 Å². The van der Waals surface area contributed by atoms with Crippen molar-refractivity contribution in [3.63, 3.8) is 0 Å². The summed E-state index contributed by atoms with van der Waals surface area (Å²) in [5.74, 6) is 0. The number of rotatable bonds is 3. The molecule has 17 heavy (non-hydrogen) atoms. The number of aliphatic hydroxyl groups excluding tert-OH is 1. The maximum atomic E-state index is 10.5. The highest BCUT2D eigenvalue weighted by molar-refractivity contribution is 5.32. The van der Waals surface area contributed by atoms with Crippen LogP contribution in [0, 0.1) is 10.1 Å². The molecule has 5 nitrogen and oxygen atoms in total. The predicted octanol–water partition coefficient (Wildman–Crippen LogP) is 1.68. The van der Waals surface area contributed by atoms with Crippen LogP contribution in [0.15, 0.2) is 36.5 Å². The molecule has 1 aromatic carbocycles. The lowest BCUT2D eigenvalue weighted by molar-refractivity contribution is -0.384. The third-order valence-electron chi connectivity index (χ3n) is 2.76. The summed E-state index contributed by atoms with van der Waals surface area (Å²) in [6.07, 6.45) is 4.01. The van der Waals surface area contributed by atoms with Crippen molar-refractivity contribution >= 4 is 5.69 Å². The fraction of sp³-hybridized carbons (Fsp3) is 0.333. The van der Waals surface area contributed by atoms with Gasteiger partial charge in [-0.25, -0.2) is 0 Å². The zero-order valence-electron chi connectivity index (χ0n) is 9.32. The van der Waals surface area contributed by atoms with Crippen molar-refractivity contribution in [2.24, 2.45) is 0 Å². The second kappa shape index (κ2) is 4.97. The van der Waals surface area contributed by atoms with Crippen LogP contribution >= 0.6 is 0 Å². The first-order chi connectivity index (χ1) is 8.15. The molecule has 2 rings (SSSR count). The fourth-order valence-electron chi connectivity index (χ4n) is 1.78. The maximum absolute atomic E-state index is 10.5. The van der Waals surface area contributed by atoms with Crippen LogP contribution in [0.3, 0.4) is 0 Å². The number of aliphatic hydroxyl groups is 1. The van der Waals surface area contributed by atoms with Crippen molar-refractivity contribution in [3.05, 3.63) is 52.2 Å². The van der Waals surface area contributed by atoms with Gasteiger partial charge in [0.05, 0.1) is 11.0 Å². The first-order valence-corrected chi connectivity index (χ1v) is 5.49. The quantitative estimate of drug-likeness (QED) is 0.638. The second-order valence-corrected chi connectivity index (χ2v) is 4.09. The standard InChI is InChI=1S/C12H14N2O3/c15-12-5-7-13(8-6-12)9-10-1-3-11(4-2-10)14(16)17/h1-5,7,12,15H,6,8-9H2. The first kappa shape index (κ1) is 11.6. The average molecular weight is 234 g/mol. The molecule has 90 valence electrons. The third kappa shape index (κ3) is 3.04. The molecule has 0 spiro atoms. The van der Waals surface area contributed by atoms with E-state index in [0.717, 1.165) is 18.5 Å². The van der Waals surface area contributed by atoms with Gasteiger partial charge in [0, 0.05) is 25.2 Å². The Morgan fingerprint density at radius 2 is 2.12 bits per heavy atom. The van der Waals surface area contributed by atoms with E-state index in [-0.39, 0.29) is 11.8 Å². The van der Waals surface area contributed by atoms with E-state index in [4.69, 9.17) is 0 Å². The van der Waals surface area contributed by atoms with E-state index in [1.165, 1.54) is 12.1 Å². The number of nitrogens with zero attached hydrogens (tertiary/aromatic N) is 2. The van der Waals surface area contributed by atoms with E-state index < -0.39 is 4.92 Å². The lowest BCUT2D eigenvalue weighted by Gasteiger charge is -2.25. The van der Waals surface area contributed by atoms with Crippen LogP contribution in [0.1, 0.15) is 12.0 Å². The summed E-state index contributed by atoms with van der Waals surface area (Å²) < 4.78 is 0. The number of hydrogen-bond acceptors (Lipinski definition) is 4. The molecule has 1 unspecified atom stereocenters. The van der Waals surface area contributed by atoms with Crippen molar-refractivity contribution < 1.29 is 10.0 Å². The van der Waals surface area contributed by atoms with Crippen LogP contribution in [0.5, 0.6) is 0 Å². The zero-order valence-corrected chi connectivity index (χ0v) is 9.32. The van der Waals surface area contributed by atoms with Gasteiger partial charge in [0.25, 0.3) is 5.69 Å². The summed E-state index contributed by atoms with van der Waals surface area (Å²) in [4.78, 5) is 12.2. The Kier molecular flexibility index (Phi) is 3.39. The third-order valence-corrected chi connectivity index (χ3v) is 2.76. The number of hydrogen-bond donors (Lipinski definition) is 1. The molecule has 0 aliphatic carbocycles. The molecule has 0 fully saturated rings. The molecule has 0 saturated heterocycles. The monoisotopic (exact) mass is 234 g/mol. The highest BCUT2D eigenvalue weighted by Gasteiger charge is 2.11. The predicted molar refractivity (Wildman–Crippen MR) is 63.3 cm³/mol. The Morgan fingerprint density at radius 1 is 1.41 bits per heavy atom. The lowest BCUT2D eigenvalue weighted by atomic mass is 10.1. The number of benzene rings is 1. The van der Waals surface area contributed by atoms with Gasteiger partial charge >= 0.3 is 0 Å². The fourth-order valence-corrected chi connectivity index (χ4v) is 1.78. The molecule has 0 radical (unpaired) electrons. The van der Waals surface area contributed by atoms with Crippen LogP contribution in [-0.4, -0.2) is 27.6 Å². The van der Waals surface area contributed by atoms with E-state index in [0.29, 0.717) is 6.54 Å². The van der Waals surface area contributed by atoms with Gasteiger partial charge in [-0.3, -0.25) is 10.1 Å². The Balaban J connectivity index is 1.99. The van der Waals surface area contributed by atoms with Crippen molar-refractivity contribution in [2.75, 3.05) is 6.54 Å². The molecule has 1 heterocycles. The van der Waals surface area contributed by atoms with Crippen molar-refractivity contribution in [3.8, 4) is 0 Å². The van der Waals surface area contributed by atoms with E-state index >= 15 is 0 Å². The van der Waals surface area contributed by atoms with Gasteiger partial charge in [0.15, 0.2) is 0 Å². The van der Waals surface area contributed by atoms with Gasteiger partial charge in [-0.15, -0.1) is 0 Å². The zero-order chi connectivity index (χ0) is 12.3. The van der Waals surface area contributed by atoms with Gasteiger partial charge < -0.3 is 10.0 Å². The molecule has 5 heteroatoms. The van der Waals surface area contributed by atoms with Crippen molar-refractivity contribution in [1.29, 1.82) is 0 Å². The number of non-ortho nitro benzene ring substituents is 1. The molecular weight excluding hydrogens is 220 g/mol. The molecule has 0 saturated carbocycles. The Labute approximate surface area is 99.1 Å². The van der Waals surface area contributed by atoms with Crippen LogP contribution < -0.4 is 0 Å². The minimum atomic E-state index is -0.402. The Hall–Kier alpha value is -1.88. The maximum Gasteiger partial charge on any atom is 0.269 e. The van der Waals surface area contributed by atoms with Crippen LogP contribution in [-0.2, 0) is 6.54 Å². The topological polar surface area (TPSA) is 66.6 Å². The van der Waals surface area contributed by atoms with E-state index in [1.54, 1.807) is 18.2 Å². The molecule has 0 aromatic heterocycles. The molecule has 1 atom stereocenters. The number of nitro groups is 1. The van der Waals surface area contributed by atoms with Gasteiger partial charge in [-0.2, -0.15) is 0 Å². The van der Waals surface area contributed by atoms with Gasteiger partial charge in [0.1, 0.15) is 0 Å². The molecule has 0 amide bonds. The Morgan fingerprint density at radius 3 is 2.65 bits per heavy atom. The summed E-state index contributed by atoms with van der Waals surface area (Å²) >= 11 is 0. The van der Waals surface area contributed by atoms with Crippen LogP contribution in [0.25, 0.3) is 0 Å². The largest absolute Gasteiger partial charge is 0.389 e. The summed E-state index contributed by atoms with van der Waals surface area (Å²) in [5, 5.41) is 19.8. The van der Waals surface area contributed by atoms with Crippen molar-refractivity contribution in [2.45, 2.75) is 19.1 Å². The normalized spacial score (nSPS) is 19.4. The molecule has 1 aromatic rings. The molecule has 1 aliphatic rings. The molecule has 1 N–H and O–H groups in total. The second-order valence-electron chi connectivity index (χ2n) is 4.09. The highest BCUT2D eigenvalue weighted by atomic mass is 16.6. The summed E-state index contributed by atoms with van der Waals surface area (Å²) in [6.45, 7) is 1.51. The molecule has 1 aliphatic heterocycles. The van der Waals surface area contributed by atoms with Gasteiger partial charge in [0.2, 0.25) is 0 Å². The van der Waals surface area contributed by atoms with E-state index in [9.17, 15) is 15.2 Å². The molecular formula is C12H14N2O3. The van der Waals surface area contributed by atoms with Gasteiger partial charge in [-0.05, 0) is 24.3 Å². The summed E-state index contributed by atoms with van der Waals surface area (Å²) in [7, 11) is 0. The average Bonchev–Trinajstić information content (AvgIpc) is 2.33. The van der Waals surface area contributed by atoms with Crippen LogP contribution in [0.4, 0.5) is 5.69 Å².